The van der Waals surface area contributed by atoms with E-state index in [1.807, 2.05) is 26.0 Å². The van der Waals surface area contributed by atoms with Crippen LogP contribution in [-0.4, -0.2) is 28.5 Å². The quantitative estimate of drug-likeness (QED) is 0.241. The van der Waals surface area contributed by atoms with E-state index < -0.39 is 5.92 Å². The second kappa shape index (κ2) is 13.4. The van der Waals surface area contributed by atoms with E-state index in [2.05, 4.69) is 37.9 Å². The number of allylic oxidation sites excluding steroid dienone is 1. The van der Waals surface area contributed by atoms with Gasteiger partial charge >= 0.3 is 0 Å². The number of aromatic nitrogens is 3. The number of halogens is 3. The van der Waals surface area contributed by atoms with E-state index in [0.29, 0.717) is 29.2 Å². The first-order chi connectivity index (χ1) is 17.2. The molecule has 0 aliphatic heterocycles. The van der Waals surface area contributed by atoms with Gasteiger partial charge in [-0.1, -0.05) is 24.3 Å². The van der Waals surface area contributed by atoms with Crippen LogP contribution < -0.4 is 16.4 Å². The standard InChI is InChI=1S/C26H28F3N5.CH5N/c1-5-7-10-31-22(6-2)23-13-24(32-15-18-9-8-17(3)11-21(18)27)34-25(33-23)19-12-20(16-30-14-19)26(4,28)29;1-2/h5-6,8-9,11-14,16,31H,1,7,10,15H2,2-4H3,(H,32,33,34);2H2,1H3. The highest BCUT2D eigenvalue weighted by Gasteiger charge is 2.25. The minimum atomic E-state index is -3.05. The van der Waals surface area contributed by atoms with Crippen molar-refractivity contribution in [2.75, 3.05) is 18.9 Å². The van der Waals surface area contributed by atoms with Crippen LogP contribution in [0.4, 0.5) is 19.0 Å². The molecular formula is C27H33F3N6. The topological polar surface area (TPSA) is 88.8 Å². The Morgan fingerprint density at radius 1 is 1.14 bits per heavy atom. The first kappa shape index (κ1) is 28.5. The number of rotatable bonds is 10. The van der Waals surface area contributed by atoms with Gasteiger partial charge in [-0.2, -0.15) is 0 Å². The van der Waals surface area contributed by atoms with Gasteiger partial charge in [0, 0.05) is 55.2 Å². The van der Waals surface area contributed by atoms with E-state index in [1.54, 1.807) is 18.2 Å². The SMILES string of the molecule is C=CCCNC(=CC)c1cc(NCc2ccc(C)cc2F)nc(-c2cncc(C(C)(F)F)c2)n1.CN. The molecule has 36 heavy (non-hydrogen) atoms. The van der Waals surface area contributed by atoms with Crippen LogP contribution in [0, 0.1) is 12.7 Å². The number of nitrogens with zero attached hydrogens (tertiary/aromatic N) is 3. The average molecular weight is 499 g/mol. The van der Waals surface area contributed by atoms with Gasteiger partial charge in [-0.3, -0.25) is 4.98 Å². The molecule has 2 heterocycles. The fraction of sp³-hybridized carbons (Fsp3) is 0.296. The van der Waals surface area contributed by atoms with Gasteiger partial charge in [0.05, 0.1) is 11.4 Å². The molecule has 4 N–H and O–H groups in total. The van der Waals surface area contributed by atoms with Crippen molar-refractivity contribution in [3.8, 4) is 11.4 Å². The molecule has 0 saturated carbocycles. The van der Waals surface area contributed by atoms with Crippen LogP contribution in [0.25, 0.3) is 17.1 Å². The van der Waals surface area contributed by atoms with Gasteiger partial charge < -0.3 is 16.4 Å². The van der Waals surface area contributed by atoms with Gasteiger partial charge in [-0.05, 0) is 45.0 Å². The van der Waals surface area contributed by atoms with Gasteiger partial charge in [0.1, 0.15) is 11.6 Å². The van der Waals surface area contributed by atoms with Crippen LogP contribution >= 0.6 is 0 Å². The molecule has 1 aromatic carbocycles. The highest BCUT2D eigenvalue weighted by Crippen LogP contribution is 2.29. The fourth-order valence-electron chi connectivity index (χ4n) is 3.24. The van der Waals surface area contributed by atoms with Crippen molar-refractivity contribution >= 4 is 11.5 Å². The maximum Gasteiger partial charge on any atom is 0.272 e. The second-order valence-corrected chi connectivity index (χ2v) is 7.97. The Morgan fingerprint density at radius 2 is 1.89 bits per heavy atom. The molecule has 192 valence electrons. The van der Waals surface area contributed by atoms with Crippen LogP contribution in [-0.2, 0) is 12.5 Å². The Bertz CT molecular complexity index is 1190. The van der Waals surface area contributed by atoms with Crippen LogP contribution in [0.5, 0.6) is 0 Å². The van der Waals surface area contributed by atoms with Crippen molar-refractivity contribution in [1.29, 1.82) is 0 Å². The minimum absolute atomic E-state index is 0.197. The maximum absolute atomic E-state index is 14.3. The van der Waals surface area contributed by atoms with Gasteiger partial charge in [-0.25, -0.2) is 23.1 Å². The minimum Gasteiger partial charge on any atom is -0.383 e. The van der Waals surface area contributed by atoms with E-state index in [-0.39, 0.29) is 23.7 Å². The van der Waals surface area contributed by atoms with Crippen molar-refractivity contribution in [1.82, 2.24) is 20.3 Å². The highest BCUT2D eigenvalue weighted by atomic mass is 19.3. The van der Waals surface area contributed by atoms with Gasteiger partial charge in [0.2, 0.25) is 0 Å². The molecule has 0 spiro atoms. The van der Waals surface area contributed by atoms with Crippen molar-refractivity contribution in [2.24, 2.45) is 5.73 Å². The molecule has 0 aliphatic rings. The number of anilines is 1. The van der Waals surface area contributed by atoms with Crippen LogP contribution in [0.15, 0.2) is 61.5 Å². The van der Waals surface area contributed by atoms with Crippen molar-refractivity contribution in [3.05, 3.63) is 89.7 Å². The zero-order valence-electron chi connectivity index (χ0n) is 21.1. The third-order valence-corrected chi connectivity index (χ3v) is 5.13. The number of hydrogen-bond acceptors (Lipinski definition) is 6. The number of nitrogens with one attached hydrogen (secondary N) is 2. The lowest BCUT2D eigenvalue weighted by molar-refractivity contribution is 0.0171. The summed E-state index contributed by atoms with van der Waals surface area (Å²) in [6.07, 6.45) is 6.99. The molecule has 0 radical (unpaired) electrons. The average Bonchev–Trinajstić information content (AvgIpc) is 2.87. The molecular weight excluding hydrogens is 465 g/mol. The normalized spacial score (nSPS) is 11.4. The molecule has 0 bridgehead atoms. The molecule has 3 aromatic rings. The Kier molecular flexibility index (Phi) is 10.6. The molecule has 6 nitrogen and oxygen atoms in total. The fourth-order valence-corrected chi connectivity index (χ4v) is 3.24. The number of benzene rings is 1. The van der Waals surface area contributed by atoms with Crippen molar-refractivity contribution in [3.63, 3.8) is 0 Å². The summed E-state index contributed by atoms with van der Waals surface area (Å²) in [5.74, 6) is -2.71. The van der Waals surface area contributed by atoms with Crippen molar-refractivity contribution < 1.29 is 13.2 Å². The van der Waals surface area contributed by atoms with Crippen LogP contribution in [0.1, 0.15) is 42.7 Å². The third kappa shape index (κ3) is 7.91. The molecule has 0 fully saturated rings. The molecule has 0 saturated heterocycles. The molecule has 0 amide bonds. The maximum atomic E-state index is 14.3. The third-order valence-electron chi connectivity index (χ3n) is 5.13. The van der Waals surface area contributed by atoms with E-state index in [4.69, 9.17) is 0 Å². The first-order valence-electron chi connectivity index (χ1n) is 11.5. The first-order valence-corrected chi connectivity index (χ1v) is 11.5. The largest absolute Gasteiger partial charge is 0.383 e. The summed E-state index contributed by atoms with van der Waals surface area (Å²) < 4.78 is 42.1. The lowest BCUT2D eigenvalue weighted by Crippen LogP contribution is -2.15. The zero-order chi connectivity index (χ0) is 26.7. The Morgan fingerprint density at radius 3 is 2.53 bits per heavy atom. The van der Waals surface area contributed by atoms with Crippen LogP contribution in [0.3, 0.4) is 0 Å². The number of pyridine rings is 1. The molecule has 9 heteroatoms. The van der Waals surface area contributed by atoms with Gasteiger partial charge in [0.15, 0.2) is 5.82 Å². The summed E-state index contributed by atoms with van der Waals surface area (Å²) in [7, 11) is 1.50. The Hall–Kier alpha value is -3.72. The molecule has 2 aromatic heterocycles. The van der Waals surface area contributed by atoms with E-state index >= 15 is 0 Å². The van der Waals surface area contributed by atoms with E-state index in [1.165, 1.54) is 25.4 Å². The van der Waals surface area contributed by atoms with Crippen LogP contribution in [0.2, 0.25) is 0 Å². The smallest absolute Gasteiger partial charge is 0.272 e. The Balaban J connectivity index is 0.00000222. The summed E-state index contributed by atoms with van der Waals surface area (Å²) in [5.41, 5.74) is 7.25. The Labute approximate surface area is 210 Å². The van der Waals surface area contributed by atoms with E-state index in [0.717, 1.165) is 30.8 Å². The summed E-state index contributed by atoms with van der Waals surface area (Å²) in [5, 5.41) is 6.43. The molecule has 0 aliphatic carbocycles. The number of aryl methyl sites for hydroxylation is 1. The van der Waals surface area contributed by atoms with Crippen molar-refractivity contribution in [2.45, 2.75) is 39.7 Å². The number of alkyl halides is 2. The predicted octanol–water partition coefficient (Wildman–Crippen LogP) is 5.81. The number of hydrogen-bond donors (Lipinski definition) is 3. The summed E-state index contributed by atoms with van der Waals surface area (Å²) in [6.45, 7) is 9.08. The lowest BCUT2D eigenvalue weighted by atomic mass is 10.1. The molecule has 0 unspecified atom stereocenters. The summed E-state index contributed by atoms with van der Waals surface area (Å²) in [6, 6.07) is 8.08. The zero-order valence-corrected chi connectivity index (χ0v) is 21.1. The second-order valence-electron chi connectivity index (χ2n) is 7.97. The highest BCUT2D eigenvalue weighted by molar-refractivity contribution is 5.67. The number of nitrogens with two attached hydrogens (primary N) is 1. The molecule has 3 rings (SSSR count). The monoisotopic (exact) mass is 498 g/mol. The lowest BCUT2D eigenvalue weighted by Gasteiger charge is -2.15. The van der Waals surface area contributed by atoms with E-state index in [9.17, 15) is 13.2 Å². The summed E-state index contributed by atoms with van der Waals surface area (Å²) >= 11 is 0. The van der Waals surface area contributed by atoms with Gasteiger partial charge in [0.25, 0.3) is 5.92 Å². The molecule has 0 atom stereocenters. The predicted molar refractivity (Wildman–Crippen MR) is 140 cm³/mol. The van der Waals surface area contributed by atoms with Gasteiger partial charge in [-0.15, -0.1) is 6.58 Å². The summed E-state index contributed by atoms with van der Waals surface area (Å²) in [4.78, 5) is 13.1.